The van der Waals surface area contributed by atoms with Crippen molar-refractivity contribution in [3.05, 3.63) is 54.4 Å². The second-order valence-electron chi connectivity index (χ2n) is 3.80. The van der Waals surface area contributed by atoms with E-state index in [0.29, 0.717) is 6.42 Å². The highest BCUT2D eigenvalue weighted by Gasteiger charge is 2.05. The highest BCUT2D eigenvalue weighted by Crippen LogP contribution is 2.17. The van der Waals surface area contributed by atoms with Gasteiger partial charge in [0.05, 0.1) is 0 Å². The molecular weight excluding hydrogens is 236 g/mol. The van der Waals surface area contributed by atoms with Gasteiger partial charge in [0.15, 0.2) is 0 Å². The monoisotopic (exact) mass is 252 g/mol. The van der Waals surface area contributed by atoms with E-state index in [1.807, 2.05) is 47.3 Å². The maximum absolute atomic E-state index is 8.87. The molecule has 2 rings (SSSR count). The molecule has 0 aliphatic carbocycles. The van der Waals surface area contributed by atoms with Crippen molar-refractivity contribution < 1.29 is 5.11 Å². The van der Waals surface area contributed by atoms with Crippen molar-refractivity contribution in [1.82, 2.24) is 4.57 Å². The van der Waals surface area contributed by atoms with Crippen molar-refractivity contribution in [3.63, 3.8) is 0 Å². The van der Waals surface area contributed by atoms with Gasteiger partial charge in [-0.15, -0.1) is 12.4 Å². The Morgan fingerprint density at radius 3 is 2.53 bits per heavy atom. The van der Waals surface area contributed by atoms with Crippen LogP contribution >= 0.6 is 12.4 Å². The van der Waals surface area contributed by atoms with Crippen molar-refractivity contribution in [2.24, 2.45) is 5.73 Å². The first kappa shape index (κ1) is 13.8. The average molecular weight is 253 g/mol. The molecule has 4 heteroatoms. The summed E-state index contributed by atoms with van der Waals surface area (Å²) in [6.45, 7) is 0.120. The average Bonchev–Trinajstić information content (AvgIpc) is 2.83. The molecule has 0 fully saturated rings. The molecule has 92 valence electrons. The van der Waals surface area contributed by atoms with Crippen LogP contribution in [0.5, 0.6) is 0 Å². The number of nitrogens with zero attached hydrogens (tertiary/aromatic N) is 1. The second-order valence-corrected chi connectivity index (χ2v) is 3.80. The zero-order valence-electron chi connectivity index (χ0n) is 9.49. The second kappa shape index (κ2) is 6.45. The van der Waals surface area contributed by atoms with Crippen molar-refractivity contribution >= 4 is 12.4 Å². The SMILES string of the molecule is Cl.NC(CCO)c1cccc(-n2cccc2)c1. The third kappa shape index (κ3) is 3.33. The van der Waals surface area contributed by atoms with Gasteiger partial charge in [0.2, 0.25) is 0 Å². The molecule has 1 aromatic heterocycles. The first-order chi connectivity index (χ1) is 7.81. The number of aromatic nitrogens is 1. The molecule has 0 saturated carbocycles. The molecule has 1 aromatic carbocycles. The summed E-state index contributed by atoms with van der Waals surface area (Å²) in [7, 11) is 0. The summed E-state index contributed by atoms with van der Waals surface area (Å²) >= 11 is 0. The van der Waals surface area contributed by atoms with Crippen molar-refractivity contribution in [2.75, 3.05) is 6.61 Å². The summed E-state index contributed by atoms with van der Waals surface area (Å²) in [5, 5.41) is 8.87. The molecule has 1 unspecified atom stereocenters. The van der Waals surface area contributed by atoms with Crippen LogP contribution in [0.3, 0.4) is 0 Å². The molecule has 1 atom stereocenters. The first-order valence-corrected chi connectivity index (χ1v) is 5.41. The molecular formula is C13H17ClN2O. The van der Waals surface area contributed by atoms with Gasteiger partial charge in [0.25, 0.3) is 0 Å². The number of aliphatic hydroxyl groups excluding tert-OH is 1. The van der Waals surface area contributed by atoms with Gasteiger partial charge >= 0.3 is 0 Å². The summed E-state index contributed by atoms with van der Waals surface area (Å²) in [6, 6.07) is 12.0. The van der Waals surface area contributed by atoms with E-state index >= 15 is 0 Å². The Bertz CT molecular complexity index is 442. The van der Waals surface area contributed by atoms with Gasteiger partial charge in [0.1, 0.15) is 0 Å². The Kier molecular flexibility index (Phi) is 5.22. The molecule has 1 heterocycles. The van der Waals surface area contributed by atoms with Gasteiger partial charge < -0.3 is 15.4 Å². The highest BCUT2D eigenvalue weighted by atomic mass is 35.5. The van der Waals surface area contributed by atoms with E-state index in [1.165, 1.54) is 0 Å². The van der Waals surface area contributed by atoms with Crippen LogP contribution in [-0.2, 0) is 0 Å². The van der Waals surface area contributed by atoms with Gasteiger partial charge in [-0.05, 0) is 36.2 Å². The van der Waals surface area contributed by atoms with Crippen molar-refractivity contribution in [2.45, 2.75) is 12.5 Å². The maximum atomic E-state index is 8.87. The smallest absolute Gasteiger partial charge is 0.0452 e. The first-order valence-electron chi connectivity index (χ1n) is 5.41. The molecule has 3 N–H and O–H groups in total. The van der Waals surface area contributed by atoms with E-state index in [9.17, 15) is 0 Å². The Morgan fingerprint density at radius 1 is 1.18 bits per heavy atom. The minimum absolute atomic E-state index is 0. The van der Waals surface area contributed by atoms with Crippen LogP contribution in [0.4, 0.5) is 0 Å². The number of aliphatic hydroxyl groups is 1. The third-order valence-electron chi connectivity index (χ3n) is 2.64. The number of rotatable bonds is 4. The minimum atomic E-state index is -0.0967. The summed E-state index contributed by atoms with van der Waals surface area (Å²) < 4.78 is 2.04. The van der Waals surface area contributed by atoms with Crippen molar-refractivity contribution in [1.29, 1.82) is 0 Å². The Balaban J connectivity index is 0.00000144. The normalized spacial score (nSPS) is 11.9. The van der Waals surface area contributed by atoms with E-state index in [2.05, 4.69) is 6.07 Å². The summed E-state index contributed by atoms with van der Waals surface area (Å²) in [5.41, 5.74) is 8.11. The predicted molar refractivity (Wildman–Crippen MR) is 71.6 cm³/mol. The quantitative estimate of drug-likeness (QED) is 0.877. The van der Waals surface area contributed by atoms with E-state index in [0.717, 1.165) is 11.3 Å². The van der Waals surface area contributed by atoms with Gasteiger partial charge in [-0.25, -0.2) is 0 Å². The number of hydrogen-bond donors (Lipinski definition) is 2. The largest absolute Gasteiger partial charge is 0.396 e. The number of hydrogen-bond acceptors (Lipinski definition) is 2. The van der Waals surface area contributed by atoms with Crippen molar-refractivity contribution in [3.8, 4) is 5.69 Å². The van der Waals surface area contributed by atoms with Crippen LogP contribution in [0.25, 0.3) is 5.69 Å². The fourth-order valence-electron chi connectivity index (χ4n) is 1.73. The fourth-order valence-corrected chi connectivity index (χ4v) is 1.73. The molecule has 0 aliphatic rings. The number of nitrogens with two attached hydrogens (primary N) is 1. The lowest BCUT2D eigenvalue weighted by Gasteiger charge is -2.12. The lowest BCUT2D eigenvalue weighted by Crippen LogP contribution is -2.12. The Morgan fingerprint density at radius 2 is 1.88 bits per heavy atom. The van der Waals surface area contributed by atoms with Gasteiger partial charge in [-0.2, -0.15) is 0 Å². The van der Waals surface area contributed by atoms with Crippen LogP contribution in [0.1, 0.15) is 18.0 Å². The molecule has 0 saturated heterocycles. The summed E-state index contributed by atoms with van der Waals surface area (Å²) in [5.74, 6) is 0. The fraction of sp³-hybridized carbons (Fsp3) is 0.231. The maximum Gasteiger partial charge on any atom is 0.0452 e. The molecule has 2 aromatic rings. The highest BCUT2D eigenvalue weighted by molar-refractivity contribution is 5.85. The van der Waals surface area contributed by atoms with Crippen LogP contribution in [0.15, 0.2) is 48.8 Å². The third-order valence-corrected chi connectivity index (χ3v) is 2.64. The Hall–Kier alpha value is -1.29. The van der Waals surface area contributed by atoms with E-state index < -0.39 is 0 Å². The molecule has 3 nitrogen and oxygen atoms in total. The molecule has 0 spiro atoms. The molecule has 0 radical (unpaired) electrons. The van der Waals surface area contributed by atoms with Crippen LogP contribution in [-0.4, -0.2) is 16.3 Å². The molecule has 0 amide bonds. The minimum Gasteiger partial charge on any atom is -0.396 e. The number of halogens is 1. The van der Waals surface area contributed by atoms with E-state index in [-0.39, 0.29) is 25.1 Å². The van der Waals surface area contributed by atoms with Crippen LogP contribution in [0, 0.1) is 0 Å². The lowest BCUT2D eigenvalue weighted by molar-refractivity contribution is 0.276. The van der Waals surface area contributed by atoms with E-state index in [1.54, 1.807) is 0 Å². The molecule has 17 heavy (non-hydrogen) atoms. The van der Waals surface area contributed by atoms with Crippen LogP contribution < -0.4 is 5.73 Å². The van der Waals surface area contributed by atoms with Crippen LogP contribution in [0.2, 0.25) is 0 Å². The molecule has 0 bridgehead atoms. The van der Waals surface area contributed by atoms with Gasteiger partial charge in [-0.1, -0.05) is 12.1 Å². The predicted octanol–water partition coefficient (Wildman–Crippen LogP) is 2.28. The summed E-state index contributed by atoms with van der Waals surface area (Å²) in [6.07, 6.45) is 4.59. The van der Waals surface area contributed by atoms with E-state index in [4.69, 9.17) is 10.8 Å². The zero-order valence-corrected chi connectivity index (χ0v) is 10.3. The lowest BCUT2D eigenvalue weighted by atomic mass is 10.0. The standard InChI is InChI=1S/C13H16N2O.ClH/c14-13(6-9-16)11-4-3-5-12(10-11)15-7-1-2-8-15;/h1-5,7-8,10,13,16H,6,9,14H2;1H. The zero-order chi connectivity index (χ0) is 11.4. The number of benzene rings is 1. The molecule has 0 aliphatic heterocycles. The van der Waals surface area contributed by atoms with Gasteiger partial charge in [0, 0.05) is 30.7 Å². The summed E-state index contributed by atoms with van der Waals surface area (Å²) in [4.78, 5) is 0. The topological polar surface area (TPSA) is 51.2 Å². The Labute approximate surface area is 107 Å². The van der Waals surface area contributed by atoms with Gasteiger partial charge in [-0.3, -0.25) is 0 Å².